The van der Waals surface area contributed by atoms with E-state index in [4.69, 9.17) is 0 Å². The van der Waals surface area contributed by atoms with E-state index < -0.39 is 0 Å². The second-order valence-electron chi connectivity index (χ2n) is 7.11. The third kappa shape index (κ3) is 4.18. The monoisotopic (exact) mass is 425 g/mol. The maximum absolute atomic E-state index is 13.1. The van der Waals surface area contributed by atoms with Gasteiger partial charge < -0.3 is 4.90 Å². The zero-order chi connectivity index (χ0) is 20.4. The first-order chi connectivity index (χ1) is 14.0. The Bertz CT molecular complexity index is 1040. The second kappa shape index (κ2) is 8.59. The van der Waals surface area contributed by atoms with Crippen molar-refractivity contribution in [2.75, 3.05) is 17.2 Å². The van der Waals surface area contributed by atoms with Gasteiger partial charge in [-0.3, -0.25) is 4.79 Å². The number of hydrogen-bond donors (Lipinski definition) is 0. The number of rotatable bonds is 4. The van der Waals surface area contributed by atoms with E-state index in [0.717, 1.165) is 34.8 Å². The molecule has 0 saturated heterocycles. The molecule has 1 aliphatic heterocycles. The minimum Gasteiger partial charge on any atom is -0.311 e. The standard InChI is InChI=1S/C21H23N5OS2/c1-14-7-6-9-17(16(14)3)26-21(22-23-24-26)28-13-20(27)25-12-11-15(2)29-19-10-5-4-8-18(19)25/h4-10,15H,11-13H2,1-3H3/t15-/m1/s1. The molecule has 3 aromatic rings. The summed E-state index contributed by atoms with van der Waals surface area (Å²) in [6.07, 6.45) is 0.968. The van der Waals surface area contributed by atoms with Gasteiger partial charge in [0.05, 0.1) is 17.1 Å². The van der Waals surface area contributed by atoms with E-state index in [9.17, 15) is 4.79 Å². The maximum atomic E-state index is 13.1. The van der Waals surface area contributed by atoms with E-state index in [2.05, 4.69) is 48.4 Å². The number of nitrogens with zero attached hydrogens (tertiary/aromatic N) is 5. The van der Waals surface area contributed by atoms with E-state index >= 15 is 0 Å². The molecule has 1 atom stereocenters. The number of fused-ring (bicyclic) bond motifs is 1. The summed E-state index contributed by atoms with van der Waals surface area (Å²) in [5.74, 6) is 0.367. The fraction of sp³-hybridized carbons (Fsp3) is 0.333. The van der Waals surface area contributed by atoms with E-state index in [1.807, 2.05) is 47.0 Å². The van der Waals surface area contributed by atoms with Crippen LogP contribution in [-0.2, 0) is 4.79 Å². The van der Waals surface area contributed by atoms with Gasteiger partial charge in [-0.2, -0.15) is 4.68 Å². The molecule has 6 nitrogen and oxygen atoms in total. The number of carbonyl (C=O) groups excluding carboxylic acids is 1. The van der Waals surface area contributed by atoms with Crippen molar-refractivity contribution in [3.8, 4) is 5.69 Å². The first kappa shape index (κ1) is 20.0. The van der Waals surface area contributed by atoms with Crippen LogP contribution < -0.4 is 4.90 Å². The van der Waals surface area contributed by atoms with Crippen LogP contribution in [-0.4, -0.2) is 43.7 Å². The van der Waals surface area contributed by atoms with Crippen LogP contribution in [0.4, 0.5) is 5.69 Å². The lowest BCUT2D eigenvalue weighted by molar-refractivity contribution is -0.116. The highest BCUT2D eigenvalue weighted by atomic mass is 32.2. The quantitative estimate of drug-likeness (QED) is 0.581. The zero-order valence-corrected chi connectivity index (χ0v) is 18.3. The van der Waals surface area contributed by atoms with Crippen LogP contribution in [0.25, 0.3) is 5.69 Å². The van der Waals surface area contributed by atoms with Gasteiger partial charge in [0.15, 0.2) is 0 Å². The summed E-state index contributed by atoms with van der Waals surface area (Å²) < 4.78 is 1.72. The smallest absolute Gasteiger partial charge is 0.237 e. The third-order valence-electron chi connectivity index (χ3n) is 5.11. The van der Waals surface area contributed by atoms with Crippen molar-refractivity contribution in [2.45, 2.75) is 42.5 Å². The van der Waals surface area contributed by atoms with E-state index in [0.29, 0.717) is 16.2 Å². The molecular weight excluding hydrogens is 402 g/mol. The number of aromatic nitrogens is 4. The first-order valence-electron chi connectivity index (χ1n) is 9.58. The Labute approximate surface area is 179 Å². The molecule has 29 heavy (non-hydrogen) atoms. The second-order valence-corrected chi connectivity index (χ2v) is 9.53. The van der Waals surface area contributed by atoms with Crippen LogP contribution in [0, 0.1) is 13.8 Å². The van der Waals surface area contributed by atoms with Gasteiger partial charge in [0.2, 0.25) is 11.1 Å². The largest absolute Gasteiger partial charge is 0.311 e. The summed E-state index contributed by atoms with van der Waals surface area (Å²) in [4.78, 5) is 16.2. The van der Waals surface area contributed by atoms with Crippen molar-refractivity contribution in [3.63, 3.8) is 0 Å². The fourth-order valence-corrected chi connectivity index (χ4v) is 5.21. The van der Waals surface area contributed by atoms with Gasteiger partial charge in [-0.05, 0) is 60.0 Å². The summed E-state index contributed by atoms with van der Waals surface area (Å²) in [6, 6.07) is 14.2. The maximum Gasteiger partial charge on any atom is 0.237 e. The molecule has 0 radical (unpaired) electrons. The number of para-hydroxylation sites is 1. The van der Waals surface area contributed by atoms with Crippen molar-refractivity contribution in [1.82, 2.24) is 20.2 Å². The van der Waals surface area contributed by atoms with Crippen LogP contribution in [0.5, 0.6) is 0 Å². The normalized spacial score (nSPS) is 16.4. The predicted octanol–water partition coefficient (Wildman–Crippen LogP) is 4.29. The van der Waals surface area contributed by atoms with Crippen LogP contribution in [0.15, 0.2) is 52.5 Å². The molecule has 150 valence electrons. The summed E-state index contributed by atoms with van der Waals surface area (Å²) >= 11 is 3.21. The lowest BCUT2D eigenvalue weighted by atomic mass is 10.1. The van der Waals surface area contributed by atoms with Crippen molar-refractivity contribution < 1.29 is 4.79 Å². The van der Waals surface area contributed by atoms with Crippen molar-refractivity contribution >= 4 is 35.1 Å². The van der Waals surface area contributed by atoms with E-state index in [-0.39, 0.29) is 5.91 Å². The van der Waals surface area contributed by atoms with Crippen LogP contribution in [0.2, 0.25) is 0 Å². The summed E-state index contributed by atoms with van der Waals surface area (Å²) in [5, 5.41) is 13.2. The highest BCUT2D eigenvalue weighted by Gasteiger charge is 2.24. The lowest BCUT2D eigenvalue weighted by Crippen LogP contribution is -2.33. The summed E-state index contributed by atoms with van der Waals surface area (Å²) in [7, 11) is 0. The molecule has 0 saturated carbocycles. The number of benzene rings is 2. The minimum atomic E-state index is 0.0765. The topological polar surface area (TPSA) is 63.9 Å². The molecule has 0 aliphatic carbocycles. The summed E-state index contributed by atoms with van der Waals surface area (Å²) in [6.45, 7) is 7.06. The van der Waals surface area contributed by atoms with Gasteiger partial charge in [0.1, 0.15) is 0 Å². The highest BCUT2D eigenvalue weighted by molar-refractivity contribution is 8.00. The Morgan fingerprint density at radius 3 is 2.83 bits per heavy atom. The van der Waals surface area contributed by atoms with Crippen molar-refractivity contribution in [1.29, 1.82) is 0 Å². The number of tetrazole rings is 1. The molecular formula is C21H23N5OS2. The van der Waals surface area contributed by atoms with Crippen LogP contribution in [0.3, 0.4) is 0 Å². The molecule has 0 N–H and O–H groups in total. The zero-order valence-electron chi connectivity index (χ0n) is 16.7. The third-order valence-corrected chi connectivity index (χ3v) is 7.26. The number of amides is 1. The van der Waals surface area contributed by atoms with Gasteiger partial charge >= 0.3 is 0 Å². The predicted molar refractivity (Wildman–Crippen MR) is 118 cm³/mol. The van der Waals surface area contributed by atoms with E-state index in [1.54, 1.807) is 4.68 Å². The van der Waals surface area contributed by atoms with Gasteiger partial charge in [-0.15, -0.1) is 16.9 Å². The first-order valence-corrected chi connectivity index (χ1v) is 11.4. The molecule has 1 aromatic heterocycles. The number of thioether (sulfide) groups is 2. The van der Waals surface area contributed by atoms with Gasteiger partial charge in [-0.1, -0.05) is 43.0 Å². The molecule has 8 heteroatoms. The van der Waals surface area contributed by atoms with Crippen LogP contribution >= 0.6 is 23.5 Å². The van der Waals surface area contributed by atoms with Crippen molar-refractivity contribution in [3.05, 3.63) is 53.6 Å². The fourth-order valence-electron chi connectivity index (χ4n) is 3.34. The molecule has 0 fully saturated rings. The Morgan fingerprint density at radius 2 is 1.97 bits per heavy atom. The SMILES string of the molecule is Cc1cccc(-n2nnnc2SCC(=O)N2CC[C@@H](C)Sc3ccccc32)c1C. The number of aryl methyl sites for hydroxylation is 1. The van der Waals surface area contributed by atoms with Gasteiger partial charge in [0.25, 0.3) is 0 Å². The van der Waals surface area contributed by atoms with Crippen molar-refractivity contribution in [2.24, 2.45) is 0 Å². The highest BCUT2D eigenvalue weighted by Crippen LogP contribution is 2.37. The number of carbonyl (C=O) groups is 1. The molecule has 2 heterocycles. The molecule has 4 rings (SSSR count). The molecule has 2 aromatic carbocycles. The lowest BCUT2D eigenvalue weighted by Gasteiger charge is -2.22. The molecule has 1 amide bonds. The Kier molecular flexibility index (Phi) is 5.91. The molecule has 0 spiro atoms. The molecule has 0 unspecified atom stereocenters. The summed E-state index contributed by atoms with van der Waals surface area (Å²) in [5.41, 5.74) is 4.25. The van der Waals surface area contributed by atoms with Crippen LogP contribution in [0.1, 0.15) is 24.5 Å². The Balaban J connectivity index is 1.53. The van der Waals surface area contributed by atoms with E-state index in [1.165, 1.54) is 17.3 Å². The molecule has 1 aliphatic rings. The van der Waals surface area contributed by atoms with Gasteiger partial charge in [-0.25, -0.2) is 0 Å². The van der Waals surface area contributed by atoms with Gasteiger partial charge in [0, 0.05) is 16.7 Å². The number of hydrogen-bond acceptors (Lipinski definition) is 6. The minimum absolute atomic E-state index is 0.0765. The Hall–Kier alpha value is -2.32. The number of anilines is 1. The average Bonchev–Trinajstić information content (AvgIpc) is 3.10. The molecule has 0 bridgehead atoms. The Morgan fingerprint density at radius 1 is 1.17 bits per heavy atom. The average molecular weight is 426 g/mol.